The number of aromatic nitrogens is 2. The zero-order chi connectivity index (χ0) is 17.2. The average Bonchev–Trinajstić information content (AvgIpc) is 3.04. The highest BCUT2D eigenvalue weighted by Crippen LogP contribution is 2.22. The first-order valence-corrected chi connectivity index (χ1v) is 9.61. The van der Waals surface area contributed by atoms with Gasteiger partial charge in [0.1, 0.15) is 0 Å². The third-order valence-electron chi connectivity index (χ3n) is 4.37. The maximum atomic E-state index is 12.7. The van der Waals surface area contributed by atoms with Crippen LogP contribution >= 0.6 is 0 Å². The van der Waals surface area contributed by atoms with Crippen LogP contribution < -0.4 is 4.90 Å². The van der Waals surface area contributed by atoms with Gasteiger partial charge in [-0.05, 0) is 25.0 Å². The highest BCUT2D eigenvalue weighted by Gasteiger charge is 2.33. The molecule has 128 valence electrons. The summed E-state index contributed by atoms with van der Waals surface area (Å²) in [6.07, 6.45) is 2.52. The molecule has 24 heavy (non-hydrogen) atoms. The van der Waals surface area contributed by atoms with E-state index in [0.29, 0.717) is 12.5 Å². The van der Waals surface area contributed by atoms with Gasteiger partial charge in [0.05, 0.1) is 5.75 Å². The SMILES string of the molecule is Cc1ccnc(N2CCC(N(C)S(=O)(=O)Cc3ccccc3)C2)n1. The summed E-state index contributed by atoms with van der Waals surface area (Å²) in [5.74, 6) is 0.702. The van der Waals surface area contributed by atoms with Crippen LogP contribution in [0.3, 0.4) is 0 Å². The van der Waals surface area contributed by atoms with E-state index in [1.807, 2.05) is 48.2 Å². The normalized spacial score (nSPS) is 18.3. The minimum absolute atomic E-state index is 0.0295. The maximum Gasteiger partial charge on any atom is 0.225 e. The van der Waals surface area contributed by atoms with Gasteiger partial charge in [-0.2, -0.15) is 4.31 Å². The third-order valence-corrected chi connectivity index (χ3v) is 6.25. The van der Waals surface area contributed by atoms with Crippen molar-refractivity contribution >= 4 is 16.0 Å². The minimum Gasteiger partial charge on any atom is -0.339 e. The molecule has 0 bridgehead atoms. The van der Waals surface area contributed by atoms with Gasteiger partial charge in [-0.3, -0.25) is 0 Å². The van der Waals surface area contributed by atoms with Gasteiger partial charge in [-0.1, -0.05) is 30.3 Å². The number of nitrogens with zero attached hydrogens (tertiary/aromatic N) is 4. The second-order valence-corrected chi connectivity index (χ2v) is 8.17. The van der Waals surface area contributed by atoms with Crippen molar-refractivity contribution in [3.63, 3.8) is 0 Å². The number of rotatable bonds is 5. The number of benzene rings is 1. The molecule has 0 amide bonds. The molecule has 0 radical (unpaired) electrons. The summed E-state index contributed by atoms with van der Waals surface area (Å²) in [6, 6.07) is 11.1. The lowest BCUT2D eigenvalue weighted by molar-refractivity contribution is 0.389. The van der Waals surface area contributed by atoms with Crippen LogP contribution in [0.15, 0.2) is 42.6 Å². The molecule has 0 spiro atoms. The molecule has 1 aromatic heterocycles. The number of sulfonamides is 1. The monoisotopic (exact) mass is 346 g/mol. The lowest BCUT2D eigenvalue weighted by atomic mass is 10.2. The predicted molar refractivity (Wildman–Crippen MR) is 94.2 cm³/mol. The Kier molecular flexibility index (Phi) is 4.82. The summed E-state index contributed by atoms with van der Waals surface area (Å²) in [5, 5.41) is 0. The van der Waals surface area contributed by atoms with E-state index in [1.54, 1.807) is 13.2 Å². The molecule has 1 aromatic carbocycles. The molecule has 3 rings (SSSR count). The summed E-state index contributed by atoms with van der Waals surface area (Å²) in [7, 11) is -1.67. The van der Waals surface area contributed by atoms with Crippen molar-refractivity contribution in [3.8, 4) is 0 Å². The van der Waals surface area contributed by atoms with Crippen molar-refractivity contribution in [3.05, 3.63) is 53.9 Å². The third kappa shape index (κ3) is 3.73. The lowest BCUT2D eigenvalue weighted by Gasteiger charge is -2.24. The van der Waals surface area contributed by atoms with Gasteiger partial charge in [-0.15, -0.1) is 0 Å². The molecule has 1 aliphatic rings. The van der Waals surface area contributed by atoms with E-state index in [-0.39, 0.29) is 11.8 Å². The number of aryl methyl sites for hydroxylation is 1. The van der Waals surface area contributed by atoms with Crippen molar-refractivity contribution in [2.75, 3.05) is 25.0 Å². The van der Waals surface area contributed by atoms with E-state index in [0.717, 1.165) is 24.2 Å². The Labute approximate surface area is 143 Å². The number of likely N-dealkylation sites (N-methyl/N-ethyl adjacent to an activating group) is 1. The summed E-state index contributed by atoms with van der Waals surface area (Å²) >= 11 is 0. The van der Waals surface area contributed by atoms with Crippen LogP contribution in [0.2, 0.25) is 0 Å². The van der Waals surface area contributed by atoms with Crippen LogP contribution in [0.5, 0.6) is 0 Å². The van der Waals surface area contributed by atoms with Crippen LogP contribution in [0.1, 0.15) is 17.7 Å². The van der Waals surface area contributed by atoms with E-state index in [9.17, 15) is 8.42 Å². The van der Waals surface area contributed by atoms with Gasteiger partial charge in [-0.25, -0.2) is 18.4 Å². The van der Waals surface area contributed by atoms with Crippen LogP contribution in [0.4, 0.5) is 5.95 Å². The van der Waals surface area contributed by atoms with Crippen molar-refractivity contribution in [1.82, 2.24) is 14.3 Å². The van der Waals surface area contributed by atoms with E-state index < -0.39 is 10.0 Å². The topological polar surface area (TPSA) is 66.4 Å². The number of hydrogen-bond donors (Lipinski definition) is 0. The first-order valence-electron chi connectivity index (χ1n) is 8.00. The first-order chi connectivity index (χ1) is 11.5. The molecule has 1 unspecified atom stereocenters. The molecular weight excluding hydrogens is 324 g/mol. The Morgan fingerprint density at radius 1 is 1.25 bits per heavy atom. The number of anilines is 1. The second kappa shape index (κ2) is 6.86. The van der Waals surface area contributed by atoms with Crippen LogP contribution in [0, 0.1) is 6.92 Å². The smallest absolute Gasteiger partial charge is 0.225 e. The Balaban J connectivity index is 1.68. The fourth-order valence-corrected chi connectivity index (χ4v) is 4.37. The Bertz CT molecular complexity index is 795. The van der Waals surface area contributed by atoms with Gasteiger partial charge in [0, 0.05) is 38.1 Å². The molecule has 1 fully saturated rings. The molecular formula is C17H22N4O2S. The van der Waals surface area contributed by atoms with E-state index in [1.165, 1.54) is 4.31 Å². The first kappa shape index (κ1) is 16.9. The second-order valence-electron chi connectivity index (χ2n) is 6.14. The van der Waals surface area contributed by atoms with E-state index >= 15 is 0 Å². The molecule has 0 N–H and O–H groups in total. The largest absolute Gasteiger partial charge is 0.339 e. The fourth-order valence-electron chi connectivity index (χ4n) is 2.92. The minimum atomic E-state index is -3.34. The van der Waals surface area contributed by atoms with Crippen molar-refractivity contribution in [2.24, 2.45) is 0 Å². The van der Waals surface area contributed by atoms with Crippen LogP contribution in [-0.2, 0) is 15.8 Å². The summed E-state index contributed by atoms with van der Waals surface area (Å²) in [5.41, 5.74) is 1.72. The molecule has 2 aromatic rings. The van der Waals surface area contributed by atoms with Crippen LogP contribution in [-0.4, -0.2) is 48.9 Å². The van der Waals surface area contributed by atoms with Gasteiger partial charge in [0.25, 0.3) is 0 Å². The van der Waals surface area contributed by atoms with E-state index in [4.69, 9.17) is 0 Å². The van der Waals surface area contributed by atoms with Crippen molar-refractivity contribution in [1.29, 1.82) is 0 Å². The lowest BCUT2D eigenvalue weighted by Crippen LogP contribution is -2.39. The molecule has 1 saturated heterocycles. The van der Waals surface area contributed by atoms with Gasteiger partial charge < -0.3 is 4.90 Å². The fraction of sp³-hybridized carbons (Fsp3) is 0.412. The van der Waals surface area contributed by atoms with Gasteiger partial charge in [0.15, 0.2) is 0 Å². The van der Waals surface area contributed by atoms with Gasteiger partial charge in [0.2, 0.25) is 16.0 Å². The molecule has 0 aliphatic carbocycles. The summed E-state index contributed by atoms with van der Waals surface area (Å²) in [6.45, 7) is 3.31. The molecule has 1 aliphatic heterocycles. The Hall–Kier alpha value is -1.99. The van der Waals surface area contributed by atoms with Crippen LogP contribution in [0.25, 0.3) is 0 Å². The summed E-state index contributed by atoms with van der Waals surface area (Å²) < 4.78 is 26.8. The highest BCUT2D eigenvalue weighted by atomic mass is 32.2. The van der Waals surface area contributed by atoms with Gasteiger partial charge >= 0.3 is 0 Å². The molecule has 0 saturated carbocycles. The molecule has 2 heterocycles. The predicted octanol–water partition coefficient (Wildman–Crippen LogP) is 1.83. The maximum absolute atomic E-state index is 12.7. The zero-order valence-corrected chi connectivity index (χ0v) is 14.8. The zero-order valence-electron chi connectivity index (χ0n) is 14.0. The molecule has 1 atom stereocenters. The number of hydrogen-bond acceptors (Lipinski definition) is 5. The molecule has 7 heteroatoms. The van der Waals surface area contributed by atoms with Crippen molar-refractivity contribution in [2.45, 2.75) is 25.1 Å². The highest BCUT2D eigenvalue weighted by molar-refractivity contribution is 7.88. The Morgan fingerprint density at radius 3 is 2.71 bits per heavy atom. The standard InChI is InChI=1S/C17H22N4O2S/c1-14-8-10-18-17(19-14)21-11-9-16(12-21)20(2)24(22,23)13-15-6-4-3-5-7-15/h3-8,10,16H,9,11-13H2,1-2H3. The summed E-state index contributed by atoms with van der Waals surface area (Å²) in [4.78, 5) is 10.8. The quantitative estimate of drug-likeness (QED) is 0.826. The molecule has 6 nitrogen and oxygen atoms in total. The van der Waals surface area contributed by atoms with E-state index in [2.05, 4.69) is 9.97 Å². The Morgan fingerprint density at radius 2 is 2.00 bits per heavy atom. The average molecular weight is 346 g/mol. The van der Waals surface area contributed by atoms with Crippen molar-refractivity contribution < 1.29 is 8.42 Å².